The fraction of sp³-hybridized carbons (Fsp3) is 0.667. The van der Waals surface area contributed by atoms with Gasteiger partial charge < -0.3 is 0 Å². The highest BCUT2D eigenvalue weighted by molar-refractivity contribution is 8.32. The van der Waals surface area contributed by atoms with E-state index in [1.165, 1.54) is 11.8 Å². The zero-order chi connectivity index (χ0) is 7.78. The van der Waals surface area contributed by atoms with Gasteiger partial charge in [0.2, 0.25) is 0 Å². The summed E-state index contributed by atoms with van der Waals surface area (Å²) in [7, 11) is 0. The second-order valence-corrected chi connectivity index (χ2v) is 4.70. The van der Waals surface area contributed by atoms with Crippen molar-refractivity contribution in [2.75, 3.05) is 0 Å². The van der Waals surface area contributed by atoms with Crippen LogP contribution in [-0.2, 0) is 11.3 Å². The van der Waals surface area contributed by atoms with Gasteiger partial charge in [0, 0.05) is 0 Å². The van der Waals surface area contributed by atoms with Crippen LogP contribution in [0.3, 0.4) is 0 Å². The molecule has 56 valence electrons. The Hall–Kier alpha value is -0.0900. The van der Waals surface area contributed by atoms with Crippen molar-refractivity contribution in [3.05, 3.63) is 0 Å². The van der Waals surface area contributed by atoms with Crippen molar-refractivity contribution < 1.29 is 4.21 Å². The monoisotopic (exact) mass is 175 g/mol. The molecule has 0 N–H and O–H groups in total. The Morgan fingerprint density at radius 2 is 2.20 bits per heavy atom. The molecule has 1 rings (SSSR count). The van der Waals surface area contributed by atoms with Gasteiger partial charge in [0.15, 0.2) is 0 Å². The number of nitrogens with zero attached hydrogens (tertiary/aromatic N) is 1. The molecule has 0 saturated carbocycles. The van der Waals surface area contributed by atoms with Crippen LogP contribution in [0.25, 0.3) is 0 Å². The van der Waals surface area contributed by atoms with Gasteiger partial charge in [-0.1, -0.05) is 11.8 Å². The van der Waals surface area contributed by atoms with Crippen LogP contribution in [0, 0.1) is 0 Å². The molecule has 10 heavy (non-hydrogen) atoms. The van der Waals surface area contributed by atoms with Crippen molar-refractivity contribution in [1.29, 1.82) is 0 Å². The van der Waals surface area contributed by atoms with Gasteiger partial charge in [-0.2, -0.15) is 0 Å². The molecule has 0 saturated heterocycles. The molecular weight excluding hydrogens is 166 g/mol. The largest absolute Gasteiger partial charge is 0.270 e. The number of thioether (sulfide) groups is 1. The van der Waals surface area contributed by atoms with Crippen LogP contribution in [0.1, 0.15) is 20.8 Å². The number of hydrogen-bond acceptors (Lipinski definition) is 3. The summed E-state index contributed by atoms with van der Waals surface area (Å²) in [5.74, 6) is 0. The maximum absolute atomic E-state index is 10.5. The van der Waals surface area contributed by atoms with Crippen LogP contribution in [0.15, 0.2) is 4.99 Å². The number of hydrogen-bond donors (Lipinski definition) is 0. The Balaban J connectivity index is 3.03. The minimum absolute atomic E-state index is 0.249. The molecule has 0 bridgehead atoms. The molecule has 1 aliphatic rings. The zero-order valence-electron chi connectivity index (χ0n) is 6.17. The second-order valence-electron chi connectivity index (χ2n) is 2.66. The van der Waals surface area contributed by atoms with Crippen LogP contribution in [-0.4, -0.2) is 19.0 Å². The number of aliphatic imine (C=N–C) groups is 1. The van der Waals surface area contributed by atoms with E-state index in [9.17, 15) is 4.21 Å². The van der Waals surface area contributed by atoms with Crippen molar-refractivity contribution in [2.45, 2.75) is 26.3 Å². The summed E-state index contributed by atoms with van der Waals surface area (Å²) < 4.78 is 11.3. The summed E-state index contributed by atoms with van der Waals surface area (Å²) >= 11 is 2.05. The molecule has 0 radical (unpaired) electrons. The molecule has 0 fully saturated rings. The molecule has 2 nitrogen and oxygen atoms in total. The number of rotatable bonds is 0. The third-order valence-corrected chi connectivity index (χ3v) is 3.43. The van der Waals surface area contributed by atoms with Gasteiger partial charge in [-0.15, -0.1) is 0 Å². The summed E-state index contributed by atoms with van der Waals surface area (Å²) in [6.45, 7) is 5.84. The Labute approximate surface area is 68.2 Å². The summed E-state index contributed by atoms with van der Waals surface area (Å²) in [6.07, 6.45) is 0. The SMILES string of the molecule is CC1=NC(C)(C)C(=S=O)S1. The highest BCUT2D eigenvalue weighted by Gasteiger charge is 2.30. The molecular formula is C6H9NOS2. The molecule has 0 aliphatic carbocycles. The molecule has 0 aromatic rings. The lowest BCUT2D eigenvalue weighted by atomic mass is 10.1. The van der Waals surface area contributed by atoms with E-state index in [2.05, 4.69) is 4.99 Å². The Morgan fingerprint density at radius 1 is 1.60 bits per heavy atom. The quantitative estimate of drug-likeness (QED) is 0.519. The van der Waals surface area contributed by atoms with Crippen LogP contribution in [0.2, 0.25) is 0 Å². The smallest absolute Gasteiger partial charge is 0.111 e. The van der Waals surface area contributed by atoms with Gasteiger partial charge in [-0.3, -0.25) is 4.99 Å². The Kier molecular flexibility index (Phi) is 2.01. The molecule has 0 amide bonds. The van der Waals surface area contributed by atoms with Crippen molar-refractivity contribution in [3.8, 4) is 0 Å². The van der Waals surface area contributed by atoms with E-state index < -0.39 is 0 Å². The lowest BCUT2D eigenvalue weighted by molar-refractivity contribution is 0.697. The third-order valence-electron chi connectivity index (χ3n) is 1.25. The maximum atomic E-state index is 10.5. The van der Waals surface area contributed by atoms with Gasteiger partial charge in [-0.25, -0.2) is 4.21 Å². The predicted octanol–water partition coefficient (Wildman–Crippen LogP) is 1.27. The average molecular weight is 175 g/mol. The van der Waals surface area contributed by atoms with Gasteiger partial charge in [-0.05, 0) is 20.8 Å². The van der Waals surface area contributed by atoms with E-state index in [4.69, 9.17) is 0 Å². The first-order valence-corrected chi connectivity index (χ1v) is 4.53. The van der Waals surface area contributed by atoms with Crippen molar-refractivity contribution in [2.24, 2.45) is 4.99 Å². The fourth-order valence-corrected chi connectivity index (χ4v) is 2.43. The highest BCUT2D eigenvalue weighted by Crippen LogP contribution is 2.28. The van der Waals surface area contributed by atoms with Gasteiger partial charge in [0.25, 0.3) is 0 Å². The summed E-state index contributed by atoms with van der Waals surface area (Å²) in [4.78, 5) is 4.29. The molecule has 0 spiro atoms. The van der Waals surface area contributed by atoms with Crippen LogP contribution >= 0.6 is 11.8 Å². The predicted molar refractivity (Wildman–Crippen MR) is 47.9 cm³/mol. The minimum atomic E-state index is -0.249. The first kappa shape index (κ1) is 8.01. The van der Waals surface area contributed by atoms with E-state index in [0.29, 0.717) is 11.3 Å². The first-order chi connectivity index (χ1) is 4.56. The maximum Gasteiger partial charge on any atom is 0.111 e. The van der Waals surface area contributed by atoms with E-state index in [1.54, 1.807) is 0 Å². The summed E-state index contributed by atoms with van der Waals surface area (Å²) in [5, 5.41) is 0.989. The van der Waals surface area contributed by atoms with Crippen LogP contribution < -0.4 is 0 Å². The normalized spacial score (nSPS) is 22.7. The lowest BCUT2D eigenvalue weighted by Crippen LogP contribution is -2.22. The second kappa shape index (κ2) is 2.51. The molecule has 1 heterocycles. The first-order valence-electron chi connectivity index (χ1n) is 2.98. The van der Waals surface area contributed by atoms with Crippen LogP contribution in [0.5, 0.6) is 0 Å². The van der Waals surface area contributed by atoms with Gasteiger partial charge in [0.05, 0.1) is 10.6 Å². The molecule has 4 heteroatoms. The summed E-state index contributed by atoms with van der Waals surface area (Å²) in [5.41, 5.74) is -0.249. The van der Waals surface area contributed by atoms with E-state index in [1.807, 2.05) is 20.8 Å². The lowest BCUT2D eigenvalue weighted by Gasteiger charge is -2.10. The highest BCUT2D eigenvalue weighted by atomic mass is 32.2. The Bertz CT molecular complexity index is 238. The van der Waals surface area contributed by atoms with E-state index >= 15 is 0 Å². The van der Waals surface area contributed by atoms with Crippen molar-refractivity contribution in [1.82, 2.24) is 0 Å². The third kappa shape index (κ3) is 1.32. The van der Waals surface area contributed by atoms with Crippen molar-refractivity contribution in [3.63, 3.8) is 0 Å². The minimum Gasteiger partial charge on any atom is -0.270 e. The Morgan fingerprint density at radius 3 is 2.40 bits per heavy atom. The molecule has 1 aliphatic heterocycles. The fourth-order valence-electron chi connectivity index (χ4n) is 0.840. The van der Waals surface area contributed by atoms with Crippen molar-refractivity contribution >= 4 is 32.3 Å². The molecule has 0 aromatic carbocycles. The van der Waals surface area contributed by atoms with E-state index in [-0.39, 0.29) is 5.54 Å². The standard InChI is InChI=1S/C6H9NOS2/c1-4-7-6(2,3)5(9-4)10-8/h1-3H3. The average Bonchev–Trinajstić information content (AvgIpc) is 2.04. The molecule has 0 unspecified atom stereocenters. The van der Waals surface area contributed by atoms with Crippen LogP contribution in [0.4, 0.5) is 0 Å². The molecule has 0 aromatic heterocycles. The topological polar surface area (TPSA) is 29.4 Å². The molecule has 0 atom stereocenters. The van der Waals surface area contributed by atoms with Gasteiger partial charge >= 0.3 is 0 Å². The van der Waals surface area contributed by atoms with Gasteiger partial charge in [0.1, 0.15) is 15.5 Å². The summed E-state index contributed by atoms with van der Waals surface area (Å²) in [6, 6.07) is 0. The van der Waals surface area contributed by atoms with E-state index in [0.717, 1.165) is 9.24 Å². The zero-order valence-corrected chi connectivity index (χ0v) is 7.80.